The molecule has 3 heterocycles. The summed E-state index contributed by atoms with van der Waals surface area (Å²) in [6.07, 6.45) is 4.51. The van der Waals surface area contributed by atoms with Gasteiger partial charge in [0.05, 0.1) is 17.1 Å². The zero-order valence-corrected chi connectivity index (χ0v) is 18.1. The number of halogens is 1. The highest BCUT2D eigenvalue weighted by molar-refractivity contribution is 6.35. The van der Waals surface area contributed by atoms with Gasteiger partial charge in [-0.05, 0) is 37.5 Å². The first-order chi connectivity index (χ1) is 14.8. The third kappa shape index (κ3) is 2.77. The van der Waals surface area contributed by atoms with Crippen LogP contribution in [0.4, 0.5) is 5.69 Å². The summed E-state index contributed by atoms with van der Waals surface area (Å²) in [5.41, 5.74) is 6.09. The number of fused-ring (bicyclic) bond motifs is 4. The summed E-state index contributed by atoms with van der Waals surface area (Å²) < 4.78 is 0. The standard InChI is InChI=1S/C22H25ClN4O4/c1-10-7-12-18(13(23)8-10)25-21(31)22(12)17-16(14(26-22)9-15(24)28)19(29)27(20(17)30)11-5-3-2-4-6-11/h7-8,11,14,16-17,26H,2-6,9H2,1H3,(H2,24,28)(H,25,31)/p+1/t14-,16-,17+,22+/m1/s1. The molecule has 1 aromatic carbocycles. The van der Waals surface area contributed by atoms with Gasteiger partial charge in [-0.2, -0.15) is 0 Å². The van der Waals surface area contributed by atoms with Crippen LogP contribution in [0.2, 0.25) is 5.02 Å². The molecule has 4 aliphatic rings. The fourth-order valence-corrected chi connectivity index (χ4v) is 6.62. The Kier molecular flexibility index (Phi) is 4.64. The lowest BCUT2D eigenvalue weighted by Gasteiger charge is -2.32. The van der Waals surface area contributed by atoms with Crippen molar-refractivity contribution in [3.8, 4) is 0 Å². The number of imide groups is 1. The number of quaternary nitrogens is 1. The van der Waals surface area contributed by atoms with Crippen molar-refractivity contribution in [3.63, 3.8) is 0 Å². The van der Waals surface area contributed by atoms with Gasteiger partial charge >= 0.3 is 0 Å². The molecule has 0 unspecified atom stereocenters. The third-order valence-electron chi connectivity index (χ3n) is 7.49. The van der Waals surface area contributed by atoms with Gasteiger partial charge in [-0.15, -0.1) is 0 Å². The van der Waals surface area contributed by atoms with Crippen LogP contribution in [-0.2, 0) is 24.7 Å². The van der Waals surface area contributed by atoms with E-state index in [1.165, 1.54) is 4.90 Å². The largest absolute Gasteiger partial charge is 0.369 e. The number of hydrogen-bond acceptors (Lipinski definition) is 4. The molecule has 1 aliphatic carbocycles. The first-order valence-corrected chi connectivity index (χ1v) is 11.3. The Bertz CT molecular complexity index is 1020. The second-order valence-electron chi connectivity index (χ2n) is 9.34. The third-order valence-corrected chi connectivity index (χ3v) is 7.78. The number of nitrogens with one attached hydrogen (secondary N) is 1. The summed E-state index contributed by atoms with van der Waals surface area (Å²) in [6, 6.07) is 2.88. The SMILES string of the molecule is Cc1cc(Cl)c2c(c1)[C@@]1([NH2+][C@H](CC(N)=O)[C@H]3C(=O)N(C4CCCCC4)C(=O)[C@H]31)C(=O)N2. The quantitative estimate of drug-likeness (QED) is 0.587. The molecule has 5 rings (SSSR count). The number of nitrogens with two attached hydrogens (primary N) is 2. The molecule has 164 valence electrons. The predicted molar refractivity (Wildman–Crippen MR) is 112 cm³/mol. The van der Waals surface area contributed by atoms with Gasteiger partial charge in [0, 0.05) is 11.6 Å². The van der Waals surface area contributed by atoms with E-state index in [0.29, 0.717) is 16.3 Å². The molecule has 0 radical (unpaired) electrons. The molecule has 1 aromatic rings. The zero-order valence-electron chi connectivity index (χ0n) is 17.3. The number of aryl methyl sites for hydroxylation is 1. The molecule has 4 atom stereocenters. The Morgan fingerprint density at radius 3 is 2.61 bits per heavy atom. The number of likely N-dealkylation sites (tertiary alicyclic amines) is 1. The van der Waals surface area contributed by atoms with Crippen molar-refractivity contribution in [2.75, 3.05) is 5.32 Å². The Balaban J connectivity index is 1.65. The predicted octanol–water partition coefficient (Wildman–Crippen LogP) is 0.551. The molecule has 8 nitrogen and oxygen atoms in total. The number of anilines is 1. The van der Waals surface area contributed by atoms with Gasteiger partial charge in [0.25, 0.3) is 5.91 Å². The van der Waals surface area contributed by atoms with Gasteiger partial charge in [0.2, 0.25) is 23.3 Å². The molecule has 5 N–H and O–H groups in total. The highest BCUT2D eigenvalue weighted by Gasteiger charge is 2.74. The van der Waals surface area contributed by atoms with Gasteiger partial charge in [-0.3, -0.25) is 24.1 Å². The first kappa shape index (κ1) is 20.5. The van der Waals surface area contributed by atoms with Crippen LogP contribution in [0.25, 0.3) is 0 Å². The van der Waals surface area contributed by atoms with Crippen molar-refractivity contribution < 1.29 is 24.5 Å². The summed E-state index contributed by atoms with van der Waals surface area (Å²) in [5.74, 6) is -3.17. The highest BCUT2D eigenvalue weighted by Crippen LogP contribution is 2.52. The van der Waals surface area contributed by atoms with Crippen LogP contribution >= 0.6 is 11.6 Å². The van der Waals surface area contributed by atoms with Crippen LogP contribution in [0, 0.1) is 18.8 Å². The van der Waals surface area contributed by atoms with Crippen LogP contribution in [0.3, 0.4) is 0 Å². The molecular formula is C22H26ClN4O4+. The van der Waals surface area contributed by atoms with Crippen LogP contribution < -0.4 is 16.4 Å². The van der Waals surface area contributed by atoms with Crippen LogP contribution in [0.15, 0.2) is 12.1 Å². The summed E-state index contributed by atoms with van der Waals surface area (Å²) in [6.45, 7) is 1.87. The minimum Gasteiger partial charge on any atom is -0.369 e. The lowest BCUT2D eigenvalue weighted by molar-refractivity contribution is -0.732. The molecule has 4 amide bonds. The fourth-order valence-electron chi connectivity index (χ4n) is 6.29. The average molecular weight is 446 g/mol. The number of hydrogen-bond donors (Lipinski definition) is 3. The summed E-state index contributed by atoms with van der Waals surface area (Å²) in [5, 5.41) is 4.95. The number of primary amides is 1. The van der Waals surface area contributed by atoms with E-state index in [2.05, 4.69) is 5.32 Å². The van der Waals surface area contributed by atoms with Gasteiger partial charge < -0.3 is 16.4 Å². The fraction of sp³-hybridized carbons (Fsp3) is 0.545. The summed E-state index contributed by atoms with van der Waals surface area (Å²) in [7, 11) is 0. The van der Waals surface area contributed by atoms with Gasteiger partial charge in [0.15, 0.2) is 0 Å². The second-order valence-corrected chi connectivity index (χ2v) is 9.74. The van der Waals surface area contributed by atoms with E-state index in [9.17, 15) is 19.2 Å². The molecule has 1 saturated carbocycles. The molecule has 2 saturated heterocycles. The lowest BCUT2D eigenvalue weighted by Crippen LogP contribution is -2.99. The molecule has 0 bridgehead atoms. The van der Waals surface area contributed by atoms with E-state index in [-0.39, 0.29) is 30.2 Å². The highest BCUT2D eigenvalue weighted by atomic mass is 35.5. The summed E-state index contributed by atoms with van der Waals surface area (Å²) >= 11 is 6.42. The average Bonchev–Trinajstić information content (AvgIpc) is 3.28. The monoisotopic (exact) mass is 445 g/mol. The van der Waals surface area contributed by atoms with Crippen molar-refractivity contribution in [2.45, 2.75) is 63.1 Å². The van der Waals surface area contributed by atoms with E-state index >= 15 is 0 Å². The topological polar surface area (TPSA) is 126 Å². The number of benzene rings is 1. The Morgan fingerprint density at radius 1 is 1.23 bits per heavy atom. The number of amides is 4. The molecule has 3 aliphatic heterocycles. The summed E-state index contributed by atoms with van der Waals surface area (Å²) in [4.78, 5) is 54.0. The van der Waals surface area contributed by atoms with Crippen molar-refractivity contribution >= 4 is 40.9 Å². The van der Waals surface area contributed by atoms with Crippen LogP contribution in [0.5, 0.6) is 0 Å². The molecule has 9 heteroatoms. The van der Waals surface area contributed by atoms with Crippen LogP contribution in [-0.4, -0.2) is 40.6 Å². The van der Waals surface area contributed by atoms with E-state index in [1.54, 1.807) is 11.4 Å². The van der Waals surface area contributed by atoms with E-state index < -0.39 is 29.3 Å². The van der Waals surface area contributed by atoms with Crippen molar-refractivity contribution in [1.82, 2.24) is 4.90 Å². The number of nitrogens with zero attached hydrogens (tertiary/aromatic N) is 1. The zero-order chi connectivity index (χ0) is 22.1. The molecular weight excluding hydrogens is 420 g/mol. The second kappa shape index (κ2) is 7.03. The van der Waals surface area contributed by atoms with Crippen molar-refractivity contribution in [1.29, 1.82) is 0 Å². The Hall–Kier alpha value is -2.45. The Labute approximate surface area is 184 Å². The van der Waals surface area contributed by atoms with Crippen molar-refractivity contribution in [3.05, 3.63) is 28.3 Å². The number of rotatable bonds is 3. The first-order valence-electron chi connectivity index (χ1n) is 10.9. The normalized spacial score (nSPS) is 32.5. The maximum Gasteiger partial charge on any atom is 0.291 e. The number of carbonyl (C=O) groups excluding carboxylic acids is 4. The minimum atomic E-state index is -1.33. The van der Waals surface area contributed by atoms with Crippen LogP contribution in [0.1, 0.15) is 49.7 Å². The molecule has 0 aromatic heterocycles. The van der Waals surface area contributed by atoms with Crippen molar-refractivity contribution in [2.24, 2.45) is 17.6 Å². The lowest BCUT2D eigenvalue weighted by atomic mass is 9.76. The number of carbonyl (C=O) groups is 4. The molecule has 31 heavy (non-hydrogen) atoms. The van der Waals surface area contributed by atoms with Gasteiger partial charge in [-0.1, -0.05) is 30.9 Å². The van der Waals surface area contributed by atoms with E-state index in [0.717, 1.165) is 37.7 Å². The van der Waals surface area contributed by atoms with E-state index in [4.69, 9.17) is 17.3 Å². The maximum absolute atomic E-state index is 13.8. The minimum absolute atomic E-state index is 0.0807. The van der Waals surface area contributed by atoms with Gasteiger partial charge in [0.1, 0.15) is 17.9 Å². The Morgan fingerprint density at radius 2 is 1.94 bits per heavy atom. The molecule has 1 spiro atoms. The van der Waals surface area contributed by atoms with E-state index in [1.807, 2.05) is 13.0 Å². The molecule has 3 fully saturated rings. The maximum atomic E-state index is 13.8. The van der Waals surface area contributed by atoms with Gasteiger partial charge in [-0.25, -0.2) is 0 Å². The smallest absolute Gasteiger partial charge is 0.291 e.